The van der Waals surface area contributed by atoms with Gasteiger partial charge in [-0.25, -0.2) is 13.4 Å². The smallest absolute Gasteiger partial charge is 0.196 e. The van der Waals surface area contributed by atoms with Crippen molar-refractivity contribution >= 4 is 38.1 Å². The molecule has 1 unspecified atom stereocenters. The molecule has 6 nitrogen and oxygen atoms in total. The van der Waals surface area contributed by atoms with Gasteiger partial charge < -0.3 is 9.73 Å². The minimum atomic E-state index is -3.62. The van der Waals surface area contributed by atoms with Crippen molar-refractivity contribution < 1.29 is 12.8 Å². The van der Waals surface area contributed by atoms with Crippen molar-refractivity contribution in [2.75, 3.05) is 11.6 Å². The molecule has 4 aromatic rings. The summed E-state index contributed by atoms with van der Waals surface area (Å²) in [6.07, 6.45) is 1.08. The van der Waals surface area contributed by atoms with Gasteiger partial charge in [0.15, 0.2) is 20.3 Å². The summed E-state index contributed by atoms with van der Waals surface area (Å²) in [5.41, 5.74) is 3.64. The van der Waals surface area contributed by atoms with Gasteiger partial charge in [-0.3, -0.25) is 4.79 Å². The van der Waals surface area contributed by atoms with Gasteiger partial charge >= 0.3 is 0 Å². The molecule has 0 spiro atoms. The number of aryl methyl sites for hydroxylation is 1. The summed E-state index contributed by atoms with van der Waals surface area (Å²) in [6, 6.07) is 15.9. The van der Waals surface area contributed by atoms with Crippen LogP contribution in [0.25, 0.3) is 22.3 Å². The highest BCUT2D eigenvalue weighted by Crippen LogP contribution is 2.33. The Morgan fingerprint density at radius 1 is 1.06 bits per heavy atom. The number of aromatic nitrogens is 1. The largest absolute Gasteiger partial charge is 0.455 e. The van der Waals surface area contributed by atoms with E-state index in [1.807, 2.05) is 56.3 Å². The topological polar surface area (TPSA) is 89.3 Å². The molecule has 0 aliphatic rings. The molecular formula is C25H23ClN2O4S. The van der Waals surface area contributed by atoms with Crippen molar-refractivity contribution in [3.8, 4) is 11.3 Å². The van der Waals surface area contributed by atoms with E-state index in [1.165, 1.54) is 6.07 Å². The summed E-state index contributed by atoms with van der Waals surface area (Å²) >= 11 is 5.93. The van der Waals surface area contributed by atoms with E-state index < -0.39 is 15.9 Å². The first-order valence-electron chi connectivity index (χ1n) is 10.3. The second-order valence-corrected chi connectivity index (χ2v) is 10.4. The number of sulfone groups is 1. The first-order valence-corrected chi connectivity index (χ1v) is 12.6. The first-order chi connectivity index (χ1) is 15.6. The van der Waals surface area contributed by atoms with E-state index in [9.17, 15) is 13.2 Å². The van der Waals surface area contributed by atoms with Crippen molar-refractivity contribution in [1.82, 2.24) is 4.98 Å². The van der Waals surface area contributed by atoms with Crippen LogP contribution in [0.4, 0.5) is 5.69 Å². The molecule has 170 valence electrons. The number of halogens is 1. The van der Waals surface area contributed by atoms with E-state index in [0.29, 0.717) is 28.0 Å². The highest BCUT2D eigenvalue weighted by atomic mass is 35.5. The molecule has 0 radical (unpaired) electrons. The molecule has 8 heteroatoms. The summed E-state index contributed by atoms with van der Waals surface area (Å²) < 4.78 is 30.8. The van der Waals surface area contributed by atoms with Crippen LogP contribution in [0.2, 0.25) is 5.15 Å². The van der Waals surface area contributed by atoms with E-state index in [0.717, 1.165) is 22.9 Å². The minimum absolute atomic E-state index is 0.0867. The van der Waals surface area contributed by atoms with Gasteiger partial charge in [-0.15, -0.1) is 0 Å². The van der Waals surface area contributed by atoms with Crippen LogP contribution in [-0.4, -0.2) is 19.7 Å². The van der Waals surface area contributed by atoms with Crippen molar-refractivity contribution in [3.05, 3.63) is 86.7 Å². The van der Waals surface area contributed by atoms with Gasteiger partial charge in [0.25, 0.3) is 0 Å². The number of nitrogens with one attached hydrogen (secondary N) is 1. The van der Waals surface area contributed by atoms with Crippen LogP contribution in [0.15, 0.2) is 68.8 Å². The standard InChI is InChI=1S/C25H23ClN2O4S/c1-14-12-18(16(3)27-20-10-11-21(26)28-25(20)33(4,30)31)24-19(13-14)22(29)15(2)23(32-24)17-8-6-5-7-9-17/h5-13,16,27H,1-4H3. The van der Waals surface area contributed by atoms with Crippen LogP contribution >= 0.6 is 11.6 Å². The fourth-order valence-corrected chi connectivity index (χ4v) is 4.86. The zero-order valence-electron chi connectivity index (χ0n) is 18.6. The molecule has 2 aromatic heterocycles. The van der Waals surface area contributed by atoms with Crippen LogP contribution in [-0.2, 0) is 9.84 Å². The second kappa shape index (κ2) is 8.65. The maximum atomic E-state index is 13.2. The third-order valence-electron chi connectivity index (χ3n) is 5.44. The number of rotatable bonds is 5. The Balaban J connectivity index is 1.90. The molecule has 0 saturated carbocycles. The second-order valence-electron chi connectivity index (χ2n) is 8.11. The molecule has 2 heterocycles. The maximum Gasteiger partial charge on any atom is 0.196 e. The normalized spacial score (nSPS) is 12.6. The molecule has 0 saturated heterocycles. The molecule has 2 aromatic carbocycles. The molecular weight excluding hydrogens is 460 g/mol. The lowest BCUT2D eigenvalue weighted by Crippen LogP contribution is -2.14. The van der Waals surface area contributed by atoms with Crippen LogP contribution in [0.5, 0.6) is 0 Å². The van der Waals surface area contributed by atoms with Gasteiger partial charge in [0.1, 0.15) is 16.5 Å². The number of fused-ring (bicyclic) bond motifs is 1. The highest BCUT2D eigenvalue weighted by molar-refractivity contribution is 7.90. The average molecular weight is 483 g/mol. The predicted octanol–water partition coefficient (Wildman–Crippen LogP) is 5.70. The van der Waals surface area contributed by atoms with E-state index in [-0.39, 0.29) is 15.6 Å². The van der Waals surface area contributed by atoms with E-state index in [1.54, 1.807) is 13.0 Å². The third-order valence-corrected chi connectivity index (χ3v) is 6.67. The zero-order valence-corrected chi connectivity index (χ0v) is 20.2. The lowest BCUT2D eigenvalue weighted by Gasteiger charge is -2.20. The molecule has 1 N–H and O–H groups in total. The Bertz CT molecular complexity index is 1530. The van der Waals surface area contributed by atoms with Crippen LogP contribution in [0.3, 0.4) is 0 Å². The molecule has 33 heavy (non-hydrogen) atoms. The molecule has 0 amide bonds. The number of hydrogen-bond donors (Lipinski definition) is 1. The molecule has 0 bridgehead atoms. The quantitative estimate of drug-likeness (QED) is 0.367. The number of anilines is 1. The average Bonchev–Trinajstić information content (AvgIpc) is 2.77. The van der Waals surface area contributed by atoms with Crippen molar-refractivity contribution in [2.45, 2.75) is 31.8 Å². The Morgan fingerprint density at radius 2 is 1.76 bits per heavy atom. The third kappa shape index (κ3) is 4.51. The zero-order chi connectivity index (χ0) is 23.9. The van der Waals surface area contributed by atoms with E-state index in [2.05, 4.69) is 10.3 Å². The minimum Gasteiger partial charge on any atom is -0.455 e. The van der Waals surface area contributed by atoms with Gasteiger partial charge in [-0.1, -0.05) is 48.0 Å². The Morgan fingerprint density at radius 3 is 2.42 bits per heavy atom. The summed E-state index contributed by atoms with van der Waals surface area (Å²) in [5, 5.41) is 3.64. The van der Waals surface area contributed by atoms with Gasteiger partial charge in [0.05, 0.1) is 17.1 Å². The summed E-state index contributed by atoms with van der Waals surface area (Å²) in [7, 11) is -3.62. The lowest BCUT2D eigenvalue weighted by molar-refractivity contribution is 0.598. The number of benzene rings is 2. The van der Waals surface area contributed by atoms with Crippen LogP contribution in [0.1, 0.15) is 29.7 Å². The Labute approximate surface area is 197 Å². The first kappa shape index (κ1) is 23.0. The fourth-order valence-electron chi connectivity index (χ4n) is 3.88. The van der Waals surface area contributed by atoms with E-state index in [4.69, 9.17) is 16.0 Å². The molecule has 4 rings (SSSR count). The number of pyridine rings is 1. The van der Waals surface area contributed by atoms with Crippen molar-refractivity contribution in [3.63, 3.8) is 0 Å². The van der Waals surface area contributed by atoms with Crippen LogP contribution in [0, 0.1) is 13.8 Å². The van der Waals surface area contributed by atoms with Gasteiger partial charge in [0.2, 0.25) is 0 Å². The van der Waals surface area contributed by atoms with Gasteiger partial charge in [-0.05, 0) is 44.5 Å². The number of nitrogens with zero attached hydrogens (tertiary/aromatic N) is 1. The monoisotopic (exact) mass is 482 g/mol. The van der Waals surface area contributed by atoms with Crippen molar-refractivity contribution in [2.24, 2.45) is 0 Å². The molecule has 1 atom stereocenters. The van der Waals surface area contributed by atoms with E-state index >= 15 is 0 Å². The lowest BCUT2D eigenvalue weighted by atomic mass is 9.99. The summed E-state index contributed by atoms with van der Waals surface area (Å²) in [4.78, 5) is 17.2. The van der Waals surface area contributed by atoms with Crippen LogP contribution < -0.4 is 10.7 Å². The fraction of sp³-hybridized carbons (Fsp3) is 0.200. The predicted molar refractivity (Wildman–Crippen MR) is 132 cm³/mol. The maximum absolute atomic E-state index is 13.2. The highest BCUT2D eigenvalue weighted by Gasteiger charge is 2.22. The Hall–Kier alpha value is -3.16. The van der Waals surface area contributed by atoms with Crippen molar-refractivity contribution in [1.29, 1.82) is 0 Å². The SMILES string of the molecule is Cc1cc(C(C)Nc2ccc(Cl)nc2S(C)(=O)=O)c2oc(-c3ccccc3)c(C)c(=O)c2c1. The summed E-state index contributed by atoms with van der Waals surface area (Å²) in [6.45, 7) is 5.54. The van der Waals surface area contributed by atoms with Gasteiger partial charge in [0, 0.05) is 22.9 Å². The summed E-state index contributed by atoms with van der Waals surface area (Å²) in [5.74, 6) is 0.510. The molecule has 0 aliphatic carbocycles. The molecule has 0 fully saturated rings. The number of hydrogen-bond acceptors (Lipinski definition) is 6. The Kier molecular flexibility index (Phi) is 6.03. The van der Waals surface area contributed by atoms with Gasteiger partial charge in [-0.2, -0.15) is 0 Å². The molecule has 0 aliphatic heterocycles.